The highest BCUT2D eigenvalue weighted by atomic mass is 32.1. The summed E-state index contributed by atoms with van der Waals surface area (Å²) in [6.07, 6.45) is 1.59. The molecule has 0 bridgehead atoms. The minimum Gasteiger partial charge on any atom is -0.483 e. The number of nitrogens with zero attached hydrogens (tertiary/aromatic N) is 1. The second-order valence-corrected chi connectivity index (χ2v) is 7.88. The van der Waals surface area contributed by atoms with Crippen molar-refractivity contribution in [2.75, 3.05) is 12.4 Å². The summed E-state index contributed by atoms with van der Waals surface area (Å²) in [5, 5.41) is 9.89. The Bertz CT molecular complexity index is 1070. The van der Waals surface area contributed by atoms with Crippen LogP contribution in [0.2, 0.25) is 0 Å². The zero-order valence-corrected chi connectivity index (χ0v) is 18.5. The standard InChI is InChI=1S/C22H22F2N2OS.CH2O2/c1-5-22(3,12-27)15-8-6-14(7-9-15)16-10-19(24)17(11-18(16)23)21-20(25-4)13(2)26-28-21;2-1-3/h6-12,25H,5H2,1-4H3;1H,(H,2,3). The number of carboxylic acid groups (broad SMARTS) is 1. The Kier molecular flexibility index (Phi) is 7.99. The molecule has 0 amide bonds. The van der Waals surface area contributed by atoms with Gasteiger partial charge in [-0.2, -0.15) is 4.37 Å². The molecule has 0 aliphatic carbocycles. The van der Waals surface area contributed by atoms with Crippen LogP contribution in [0.1, 0.15) is 31.5 Å². The van der Waals surface area contributed by atoms with Crippen LogP contribution in [0.3, 0.4) is 0 Å². The molecule has 2 N–H and O–H groups in total. The molecular weight excluding hydrogens is 422 g/mol. The molecule has 0 aliphatic heterocycles. The van der Waals surface area contributed by atoms with Crippen LogP contribution in [0, 0.1) is 18.6 Å². The van der Waals surface area contributed by atoms with Gasteiger partial charge in [-0.25, -0.2) is 8.78 Å². The van der Waals surface area contributed by atoms with E-state index in [1.54, 1.807) is 31.3 Å². The Morgan fingerprint density at radius 3 is 2.19 bits per heavy atom. The largest absolute Gasteiger partial charge is 0.483 e. The maximum Gasteiger partial charge on any atom is 0.290 e. The van der Waals surface area contributed by atoms with Crippen molar-refractivity contribution in [3.63, 3.8) is 0 Å². The summed E-state index contributed by atoms with van der Waals surface area (Å²) >= 11 is 1.14. The van der Waals surface area contributed by atoms with Gasteiger partial charge in [0.25, 0.3) is 6.47 Å². The molecular formula is C23H24F2N2O3S. The van der Waals surface area contributed by atoms with Crippen LogP contribution in [0.5, 0.6) is 0 Å². The first-order chi connectivity index (χ1) is 14.8. The molecule has 0 aliphatic rings. The van der Waals surface area contributed by atoms with E-state index < -0.39 is 17.0 Å². The Balaban J connectivity index is 0.00000107. The zero-order chi connectivity index (χ0) is 23.2. The minimum absolute atomic E-state index is 0.185. The highest BCUT2D eigenvalue weighted by Gasteiger charge is 2.24. The van der Waals surface area contributed by atoms with Crippen LogP contribution < -0.4 is 5.32 Å². The maximum atomic E-state index is 14.9. The van der Waals surface area contributed by atoms with Gasteiger partial charge in [-0.05, 0) is 55.1 Å². The van der Waals surface area contributed by atoms with E-state index in [1.807, 2.05) is 20.8 Å². The summed E-state index contributed by atoms with van der Waals surface area (Å²) in [5.41, 5.74) is 2.65. The number of anilines is 1. The molecule has 5 nitrogen and oxygen atoms in total. The fourth-order valence-corrected chi connectivity index (χ4v) is 4.09. The van der Waals surface area contributed by atoms with Crippen LogP contribution in [0.15, 0.2) is 36.4 Å². The number of carbonyl (C=O) groups excluding carboxylic acids is 1. The fourth-order valence-electron chi connectivity index (χ4n) is 3.18. The zero-order valence-electron chi connectivity index (χ0n) is 17.7. The van der Waals surface area contributed by atoms with E-state index in [2.05, 4.69) is 9.69 Å². The monoisotopic (exact) mass is 446 g/mol. The Morgan fingerprint density at radius 1 is 1.13 bits per heavy atom. The second kappa shape index (κ2) is 10.3. The van der Waals surface area contributed by atoms with Crippen molar-refractivity contribution in [3.05, 3.63) is 59.3 Å². The topological polar surface area (TPSA) is 79.3 Å². The number of aryl methyl sites for hydroxylation is 1. The first-order valence-corrected chi connectivity index (χ1v) is 10.3. The van der Waals surface area contributed by atoms with Crippen molar-refractivity contribution in [1.29, 1.82) is 0 Å². The molecule has 0 saturated heterocycles. The summed E-state index contributed by atoms with van der Waals surface area (Å²) < 4.78 is 33.9. The lowest BCUT2D eigenvalue weighted by Gasteiger charge is -2.21. The smallest absolute Gasteiger partial charge is 0.290 e. The molecule has 164 valence electrons. The van der Waals surface area contributed by atoms with Crippen LogP contribution in [-0.4, -0.2) is 29.3 Å². The van der Waals surface area contributed by atoms with Gasteiger partial charge < -0.3 is 15.2 Å². The van der Waals surface area contributed by atoms with Crippen molar-refractivity contribution in [2.45, 2.75) is 32.6 Å². The molecule has 3 rings (SSSR count). The maximum absolute atomic E-state index is 14.9. The highest BCUT2D eigenvalue weighted by Crippen LogP contribution is 2.38. The molecule has 1 heterocycles. The molecule has 31 heavy (non-hydrogen) atoms. The molecule has 8 heteroatoms. The van der Waals surface area contributed by atoms with Crippen molar-refractivity contribution < 1.29 is 23.5 Å². The van der Waals surface area contributed by atoms with Gasteiger partial charge in [-0.15, -0.1) is 0 Å². The normalized spacial score (nSPS) is 12.3. The van der Waals surface area contributed by atoms with Crippen molar-refractivity contribution in [3.8, 4) is 21.6 Å². The number of rotatable bonds is 6. The molecule has 0 radical (unpaired) electrons. The average Bonchev–Trinajstić information content (AvgIpc) is 3.15. The van der Waals surface area contributed by atoms with Crippen LogP contribution in [0.4, 0.5) is 14.5 Å². The van der Waals surface area contributed by atoms with E-state index in [1.165, 1.54) is 12.1 Å². The molecule has 1 unspecified atom stereocenters. The van der Waals surface area contributed by atoms with E-state index >= 15 is 0 Å². The number of hydrogen-bond acceptors (Lipinski definition) is 5. The number of aldehydes is 1. The van der Waals surface area contributed by atoms with Gasteiger partial charge in [0, 0.05) is 23.6 Å². The predicted octanol–water partition coefficient (Wildman–Crippen LogP) is 5.67. The van der Waals surface area contributed by atoms with Crippen molar-refractivity contribution >= 4 is 30.0 Å². The molecule has 2 aromatic carbocycles. The number of nitrogens with one attached hydrogen (secondary N) is 1. The molecule has 1 aromatic heterocycles. The van der Waals surface area contributed by atoms with Gasteiger partial charge in [-0.3, -0.25) is 4.79 Å². The first-order valence-electron chi connectivity index (χ1n) is 9.54. The van der Waals surface area contributed by atoms with Crippen LogP contribution >= 0.6 is 11.5 Å². The van der Waals surface area contributed by atoms with E-state index in [0.29, 0.717) is 22.5 Å². The molecule has 0 spiro atoms. The van der Waals surface area contributed by atoms with Gasteiger partial charge in [-0.1, -0.05) is 31.2 Å². The van der Waals surface area contributed by atoms with Crippen molar-refractivity contribution in [2.24, 2.45) is 0 Å². The summed E-state index contributed by atoms with van der Waals surface area (Å²) in [5.74, 6) is -1.02. The Hall–Kier alpha value is -3.13. The number of hydrogen-bond donors (Lipinski definition) is 2. The third kappa shape index (κ3) is 4.96. The van der Waals surface area contributed by atoms with E-state index in [4.69, 9.17) is 9.90 Å². The van der Waals surface area contributed by atoms with Gasteiger partial charge in [0.05, 0.1) is 16.3 Å². The molecule has 0 fully saturated rings. The van der Waals surface area contributed by atoms with Crippen molar-refractivity contribution in [1.82, 2.24) is 4.37 Å². The average molecular weight is 447 g/mol. The predicted molar refractivity (Wildman–Crippen MR) is 120 cm³/mol. The Labute approximate surface area is 183 Å². The molecule has 0 saturated carbocycles. The summed E-state index contributed by atoms with van der Waals surface area (Å²) in [4.78, 5) is 20.4. The fraction of sp³-hybridized carbons (Fsp3) is 0.261. The Morgan fingerprint density at radius 2 is 1.68 bits per heavy atom. The summed E-state index contributed by atoms with van der Waals surface area (Å²) in [6, 6.07) is 9.47. The van der Waals surface area contributed by atoms with Gasteiger partial charge in [0.1, 0.15) is 17.9 Å². The highest BCUT2D eigenvalue weighted by molar-refractivity contribution is 7.10. The lowest BCUT2D eigenvalue weighted by atomic mass is 9.81. The number of halogens is 2. The second-order valence-electron chi connectivity index (χ2n) is 7.11. The first kappa shape index (κ1) is 24.1. The van der Waals surface area contributed by atoms with Gasteiger partial charge in [0.15, 0.2) is 0 Å². The number of carbonyl (C=O) groups is 2. The third-order valence-corrected chi connectivity index (χ3v) is 6.24. The lowest BCUT2D eigenvalue weighted by molar-refractivity contribution is -0.122. The SMILES string of the molecule is CCC(C)(C=O)c1ccc(-c2cc(F)c(-c3snc(C)c3NC)cc2F)cc1.O=CO. The van der Waals surface area contributed by atoms with E-state index in [0.717, 1.165) is 29.1 Å². The molecule has 1 atom stereocenters. The van der Waals surface area contributed by atoms with Crippen LogP contribution in [-0.2, 0) is 15.0 Å². The van der Waals surface area contributed by atoms with E-state index in [9.17, 15) is 13.6 Å². The van der Waals surface area contributed by atoms with Gasteiger partial charge >= 0.3 is 0 Å². The minimum atomic E-state index is -0.584. The molecule has 3 aromatic rings. The summed E-state index contributed by atoms with van der Waals surface area (Å²) in [6.45, 7) is 5.37. The van der Waals surface area contributed by atoms with Crippen LogP contribution in [0.25, 0.3) is 21.6 Å². The third-order valence-electron chi connectivity index (χ3n) is 5.26. The number of aromatic nitrogens is 1. The summed E-state index contributed by atoms with van der Waals surface area (Å²) in [7, 11) is 1.73. The lowest BCUT2D eigenvalue weighted by Crippen LogP contribution is -2.22. The number of benzene rings is 2. The van der Waals surface area contributed by atoms with E-state index in [-0.39, 0.29) is 17.6 Å². The quantitative estimate of drug-likeness (QED) is 0.477. The van der Waals surface area contributed by atoms with Gasteiger partial charge in [0.2, 0.25) is 0 Å².